The zero-order chi connectivity index (χ0) is 15.5. The quantitative estimate of drug-likeness (QED) is 0.798. The van der Waals surface area contributed by atoms with E-state index in [4.69, 9.17) is 5.73 Å². The lowest BCUT2D eigenvalue weighted by Crippen LogP contribution is -2.42. The predicted octanol–water partition coefficient (Wildman–Crippen LogP) is 3.36. The van der Waals surface area contributed by atoms with Crippen LogP contribution in [0, 0.1) is 12.8 Å². The molecule has 1 unspecified atom stereocenters. The van der Waals surface area contributed by atoms with Crippen molar-refractivity contribution in [3.63, 3.8) is 0 Å². The predicted molar refractivity (Wildman–Crippen MR) is 104 cm³/mol. The van der Waals surface area contributed by atoms with Crippen molar-refractivity contribution >= 4 is 42.1 Å². The second kappa shape index (κ2) is 9.37. The number of aromatic nitrogens is 1. The number of amides is 1. The first kappa shape index (κ1) is 20.9. The maximum atomic E-state index is 12.1. The van der Waals surface area contributed by atoms with Gasteiger partial charge in [0.1, 0.15) is 5.01 Å². The van der Waals surface area contributed by atoms with Gasteiger partial charge in [-0.3, -0.25) is 4.79 Å². The summed E-state index contributed by atoms with van der Waals surface area (Å²) in [4.78, 5) is 16.7. The van der Waals surface area contributed by atoms with E-state index in [9.17, 15) is 4.79 Å². The normalized spacial score (nSPS) is 14.2. The lowest BCUT2D eigenvalue weighted by atomic mass is 10.1. The highest BCUT2D eigenvalue weighted by atomic mass is 35.5. The maximum absolute atomic E-state index is 12.1. The summed E-state index contributed by atoms with van der Waals surface area (Å²) in [6, 6.07) is 8.41. The van der Waals surface area contributed by atoms with Gasteiger partial charge in [0, 0.05) is 23.5 Å². The van der Waals surface area contributed by atoms with Gasteiger partial charge >= 0.3 is 0 Å². The summed E-state index contributed by atoms with van der Waals surface area (Å²) in [6.07, 6.45) is 2.68. The molecule has 0 aliphatic heterocycles. The number of halogens is 2. The van der Waals surface area contributed by atoms with Gasteiger partial charge in [-0.05, 0) is 25.7 Å². The molecular weight excluding hydrogens is 365 g/mol. The lowest BCUT2D eigenvalue weighted by molar-refractivity contribution is -0.121. The van der Waals surface area contributed by atoms with Gasteiger partial charge in [-0.2, -0.15) is 0 Å². The molecule has 1 amide bonds. The van der Waals surface area contributed by atoms with Gasteiger partial charge < -0.3 is 11.1 Å². The Morgan fingerprint density at radius 1 is 1.33 bits per heavy atom. The summed E-state index contributed by atoms with van der Waals surface area (Å²) in [5.74, 6) is 0.593. The van der Waals surface area contributed by atoms with Crippen molar-refractivity contribution in [2.45, 2.75) is 32.2 Å². The highest BCUT2D eigenvalue weighted by molar-refractivity contribution is 7.13. The van der Waals surface area contributed by atoms with Gasteiger partial charge in [0.15, 0.2) is 0 Å². The molecule has 1 heterocycles. The summed E-state index contributed by atoms with van der Waals surface area (Å²) in [7, 11) is 0. The Morgan fingerprint density at radius 2 is 2.00 bits per heavy atom. The Bertz CT molecular complexity index is 656. The van der Waals surface area contributed by atoms with Crippen molar-refractivity contribution in [3.05, 3.63) is 40.9 Å². The molecule has 0 bridgehead atoms. The summed E-state index contributed by atoms with van der Waals surface area (Å²) < 4.78 is 0. The van der Waals surface area contributed by atoms with Crippen molar-refractivity contribution in [2.24, 2.45) is 11.7 Å². The van der Waals surface area contributed by atoms with Crippen LogP contribution in [0.2, 0.25) is 0 Å². The van der Waals surface area contributed by atoms with E-state index in [2.05, 4.69) is 41.5 Å². The molecule has 0 radical (unpaired) electrons. The zero-order valence-electron chi connectivity index (χ0n) is 13.5. The smallest absolute Gasteiger partial charge is 0.226 e. The molecule has 1 fully saturated rings. The number of nitrogens with one attached hydrogen (secondary N) is 1. The number of carbonyl (C=O) groups excluding carboxylic acids is 1. The van der Waals surface area contributed by atoms with E-state index in [1.54, 1.807) is 11.3 Å². The van der Waals surface area contributed by atoms with E-state index in [1.807, 2.05) is 5.38 Å². The molecule has 7 heteroatoms. The second-order valence-corrected chi connectivity index (χ2v) is 6.79. The Kier molecular flexibility index (Phi) is 8.16. The van der Waals surface area contributed by atoms with E-state index < -0.39 is 0 Å². The van der Waals surface area contributed by atoms with Crippen LogP contribution in [0.15, 0.2) is 29.6 Å². The maximum Gasteiger partial charge on any atom is 0.226 e. The lowest BCUT2D eigenvalue weighted by Gasteiger charge is -2.15. The van der Waals surface area contributed by atoms with Crippen molar-refractivity contribution in [3.8, 4) is 10.6 Å². The van der Waals surface area contributed by atoms with Crippen LogP contribution in [0.3, 0.4) is 0 Å². The highest BCUT2D eigenvalue weighted by Gasteiger charge is 2.31. The zero-order valence-corrected chi connectivity index (χ0v) is 16.0. The fourth-order valence-corrected chi connectivity index (χ4v) is 3.33. The molecule has 1 aromatic carbocycles. The van der Waals surface area contributed by atoms with Crippen LogP contribution in [0.25, 0.3) is 10.6 Å². The summed E-state index contributed by atoms with van der Waals surface area (Å²) in [6.45, 7) is 2.58. The van der Waals surface area contributed by atoms with E-state index in [0.717, 1.165) is 16.3 Å². The van der Waals surface area contributed by atoms with Gasteiger partial charge in [-0.15, -0.1) is 36.2 Å². The van der Waals surface area contributed by atoms with Crippen molar-refractivity contribution in [1.82, 2.24) is 10.3 Å². The molecule has 0 saturated heterocycles. The average molecular weight is 388 g/mol. The van der Waals surface area contributed by atoms with E-state index >= 15 is 0 Å². The van der Waals surface area contributed by atoms with E-state index in [-0.39, 0.29) is 36.8 Å². The minimum Gasteiger partial charge on any atom is -0.351 e. The molecule has 1 atom stereocenters. The molecule has 132 valence electrons. The number of hydrogen-bond donors (Lipinski definition) is 2. The minimum absolute atomic E-state index is 0. The van der Waals surface area contributed by atoms with Gasteiger partial charge in [0.25, 0.3) is 0 Å². The van der Waals surface area contributed by atoms with Crippen LogP contribution in [0.4, 0.5) is 0 Å². The molecule has 1 aliphatic carbocycles. The monoisotopic (exact) mass is 387 g/mol. The Labute approximate surface area is 159 Å². The number of nitrogens with two attached hydrogens (primary N) is 1. The Balaban J connectivity index is 0.00000144. The molecule has 4 nitrogen and oxygen atoms in total. The van der Waals surface area contributed by atoms with Gasteiger partial charge in [0.05, 0.1) is 12.1 Å². The number of nitrogens with zero attached hydrogens (tertiary/aromatic N) is 1. The number of hydrogen-bond acceptors (Lipinski definition) is 4. The molecule has 3 rings (SSSR count). The molecule has 3 N–H and O–H groups in total. The summed E-state index contributed by atoms with van der Waals surface area (Å²) in [5, 5.41) is 5.95. The summed E-state index contributed by atoms with van der Waals surface area (Å²) in [5.41, 5.74) is 8.87. The molecule has 0 spiro atoms. The Hall–Kier alpha value is -1.14. The highest BCUT2D eigenvalue weighted by Crippen LogP contribution is 2.32. The van der Waals surface area contributed by atoms with Gasteiger partial charge in [-0.1, -0.05) is 29.8 Å². The summed E-state index contributed by atoms with van der Waals surface area (Å²) >= 11 is 1.58. The van der Waals surface area contributed by atoms with E-state index in [0.29, 0.717) is 18.9 Å². The van der Waals surface area contributed by atoms with Crippen LogP contribution < -0.4 is 11.1 Å². The molecule has 24 heavy (non-hydrogen) atoms. The van der Waals surface area contributed by atoms with Crippen LogP contribution in [0.1, 0.15) is 24.1 Å². The third-order valence-electron chi connectivity index (χ3n) is 3.98. The molecule has 1 saturated carbocycles. The number of carbonyl (C=O) groups is 1. The third-order valence-corrected chi connectivity index (χ3v) is 4.92. The second-order valence-electron chi connectivity index (χ2n) is 5.93. The number of benzene rings is 1. The molecule has 1 aromatic heterocycles. The van der Waals surface area contributed by atoms with E-state index in [1.165, 1.54) is 18.4 Å². The SMILES string of the molecule is Cc1ccc(-c2nc(CC(=O)NC(CN)C3CC3)cs2)cc1.Cl.Cl. The molecule has 1 aliphatic rings. The molecular formula is C17H23Cl2N3OS. The first-order chi connectivity index (χ1) is 10.7. The standard InChI is InChI=1S/C17H21N3OS.2ClH/c1-11-2-4-13(5-3-11)17-19-14(10-22-17)8-16(21)20-15(9-18)12-6-7-12;;/h2-5,10,12,15H,6-9,18H2,1H3,(H,20,21);2*1H. The first-order valence-electron chi connectivity index (χ1n) is 7.66. The fourth-order valence-electron chi connectivity index (χ4n) is 2.51. The van der Waals surface area contributed by atoms with Crippen LogP contribution in [-0.4, -0.2) is 23.5 Å². The number of aryl methyl sites for hydroxylation is 1. The van der Waals surface area contributed by atoms with Crippen molar-refractivity contribution < 1.29 is 4.79 Å². The van der Waals surface area contributed by atoms with Gasteiger partial charge in [0.2, 0.25) is 5.91 Å². The third kappa shape index (κ3) is 5.45. The first-order valence-corrected chi connectivity index (χ1v) is 8.54. The topological polar surface area (TPSA) is 68.0 Å². The average Bonchev–Trinajstić information content (AvgIpc) is 3.25. The molecule has 2 aromatic rings. The van der Waals surface area contributed by atoms with Crippen molar-refractivity contribution in [2.75, 3.05) is 6.54 Å². The number of thiazole rings is 1. The van der Waals surface area contributed by atoms with Gasteiger partial charge in [-0.25, -0.2) is 4.98 Å². The van der Waals surface area contributed by atoms with Crippen LogP contribution in [-0.2, 0) is 11.2 Å². The van der Waals surface area contributed by atoms with Crippen LogP contribution >= 0.6 is 36.2 Å². The Morgan fingerprint density at radius 3 is 2.58 bits per heavy atom. The van der Waals surface area contributed by atoms with Crippen molar-refractivity contribution in [1.29, 1.82) is 0 Å². The fraction of sp³-hybridized carbons (Fsp3) is 0.412. The minimum atomic E-state index is 0. The largest absolute Gasteiger partial charge is 0.351 e. The van der Waals surface area contributed by atoms with Crippen LogP contribution in [0.5, 0.6) is 0 Å². The number of rotatable bonds is 6.